The number of benzene rings is 1. The molecule has 0 radical (unpaired) electrons. The van der Waals surface area contributed by atoms with Gasteiger partial charge in [0.2, 0.25) is 0 Å². The molecule has 0 fully saturated rings. The molecule has 2 aromatic rings. The van der Waals surface area contributed by atoms with Crippen molar-refractivity contribution in [3.63, 3.8) is 0 Å². The fraction of sp³-hybridized carbons (Fsp3) is 0.0833. The lowest BCUT2D eigenvalue weighted by Crippen LogP contribution is -2.13. The molecule has 0 saturated heterocycles. The van der Waals surface area contributed by atoms with Crippen LogP contribution in [0.5, 0.6) is 0 Å². The van der Waals surface area contributed by atoms with Crippen molar-refractivity contribution < 1.29 is 18.7 Å². The molecule has 0 aliphatic carbocycles. The Morgan fingerprint density at radius 1 is 1.21 bits per heavy atom. The lowest BCUT2D eigenvalue weighted by atomic mass is 10.1. The van der Waals surface area contributed by atoms with Crippen molar-refractivity contribution in [2.75, 3.05) is 11.9 Å². The number of anilines is 1. The van der Waals surface area contributed by atoms with Crippen LogP contribution in [0, 0.1) is 11.6 Å². The van der Waals surface area contributed by atoms with Crippen molar-refractivity contribution >= 4 is 11.8 Å². The Morgan fingerprint density at radius 3 is 2.68 bits per heavy atom. The zero-order valence-corrected chi connectivity index (χ0v) is 9.60. The highest BCUT2D eigenvalue weighted by Gasteiger charge is 2.07. The van der Waals surface area contributed by atoms with Gasteiger partial charge in [-0.05, 0) is 18.2 Å². The third kappa shape index (κ3) is 3.21. The average Bonchev–Trinajstić information content (AvgIpc) is 2.40. The van der Waals surface area contributed by atoms with Crippen LogP contribution < -0.4 is 5.32 Å². The van der Waals surface area contributed by atoms with Crippen molar-refractivity contribution in [1.82, 2.24) is 9.97 Å². The van der Waals surface area contributed by atoms with Gasteiger partial charge in [0.25, 0.3) is 0 Å². The van der Waals surface area contributed by atoms with Crippen LogP contribution in [0.1, 0.15) is 0 Å². The van der Waals surface area contributed by atoms with Crippen molar-refractivity contribution in [2.45, 2.75) is 0 Å². The maximum Gasteiger partial charge on any atom is 0.322 e. The van der Waals surface area contributed by atoms with Crippen molar-refractivity contribution in [3.8, 4) is 11.3 Å². The van der Waals surface area contributed by atoms with E-state index < -0.39 is 17.6 Å². The Labute approximate surface area is 106 Å². The van der Waals surface area contributed by atoms with Crippen LogP contribution in [0.2, 0.25) is 0 Å². The highest BCUT2D eigenvalue weighted by atomic mass is 19.2. The zero-order chi connectivity index (χ0) is 13.8. The first-order valence-corrected chi connectivity index (χ1v) is 5.29. The molecule has 19 heavy (non-hydrogen) atoms. The van der Waals surface area contributed by atoms with Gasteiger partial charge in [0, 0.05) is 11.6 Å². The normalized spacial score (nSPS) is 10.2. The Morgan fingerprint density at radius 2 is 2.00 bits per heavy atom. The fourth-order valence-corrected chi connectivity index (χ4v) is 1.43. The van der Waals surface area contributed by atoms with Gasteiger partial charge in [0.05, 0.1) is 5.69 Å². The summed E-state index contributed by atoms with van der Waals surface area (Å²) in [6.07, 6.45) is 1.21. The number of halogens is 2. The maximum absolute atomic E-state index is 13.1. The SMILES string of the molecule is O=C(O)CNc1cc(-c2ccc(F)c(F)c2)ncn1. The lowest BCUT2D eigenvalue weighted by Gasteiger charge is -2.05. The third-order valence-electron chi connectivity index (χ3n) is 2.30. The molecular formula is C12H9F2N3O2. The molecule has 98 valence electrons. The minimum atomic E-state index is -1.03. The first-order chi connectivity index (χ1) is 9.06. The molecule has 0 spiro atoms. The molecule has 0 unspecified atom stereocenters. The van der Waals surface area contributed by atoms with E-state index in [2.05, 4.69) is 15.3 Å². The standard InChI is InChI=1S/C12H9F2N3O2/c13-8-2-1-7(3-9(8)14)10-4-11(17-6-16-10)15-5-12(18)19/h1-4,6H,5H2,(H,18,19)(H,15,16,17). The molecule has 5 nitrogen and oxygen atoms in total. The van der Waals surface area contributed by atoms with E-state index in [1.807, 2.05) is 0 Å². The molecule has 1 aromatic carbocycles. The predicted octanol–water partition coefficient (Wildman–Crippen LogP) is 1.92. The van der Waals surface area contributed by atoms with Gasteiger partial charge in [0.1, 0.15) is 18.7 Å². The van der Waals surface area contributed by atoms with Gasteiger partial charge >= 0.3 is 5.97 Å². The summed E-state index contributed by atoms with van der Waals surface area (Å²) in [6, 6.07) is 4.84. The molecule has 0 bridgehead atoms. The lowest BCUT2D eigenvalue weighted by molar-refractivity contribution is -0.134. The average molecular weight is 265 g/mol. The summed E-state index contributed by atoms with van der Waals surface area (Å²) in [5.41, 5.74) is 0.737. The molecule has 1 heterocycles. The second kappa shape index (κ2) is 5.38. The summed E-state index contributed by atoms with van der Waals surface area (Å²) in [7, 11) is 0. The molecule has 0 saturated carbocycles. The minimum absolute atomic E-state index is 0.289. The van der Waals surface area contributed by atoms with Gasteiger partial charge in [-0.2, -0.15) is 0 Å². The summed E-state index contributed by atoms with van der Waals surface area (Å²) in [5.74, 6) is -2.66. The molecule has 0 atom stereocenters. The molecule has 7 heteroatoms. The van der Waals surface area contributed by atoms with E-state index in [0.717, 1.165) is 12.1 Å². The number of nitrogens with zero attached hydrogens (tertiary/aromatic N) is 2. The monoisotopic (exact) mass is 265 g/mol. The van der Waals surface area contributed by atoms with E-state index in [-0.39, 0.29) is 12.4 Å². The third-order valence-corrected chi connectivity index (χ3v) is 2.30. The first-order valence-electron chi connectivity index (χ1n) is 5.29. The van der Waals surface area contributed by atoms with Crippen LogP contribution in [0.4, 0.5) is 14.6 Å². The van der Waals surface area contributed by atoms with E-state index >= 15 is 0 Å². The fourth-order valence-electron chi connectivity index (χ4n) is 1.43. The number of aliphatic carboxylic acids is 1. The Hall–Kier alpha value is -2.57. The van der Waals surface area contributed by atoms with Crippen LogP contribution in [0.3, 0.4) is 0 Å². The topological polar surface area (TPSA) is 75.1 Å². The molecule has 2 rings (SSSR count). The Kier molecular flexibility index (Phi) is 3.65. The molecule has 0 aliphatic rings. The van der Waals surface area contributed by atoms with Gasteiger partial charge < -0.3 is 10.4 Å². The number of carboxylic acid groups (broad SMARTS) is 1. The van der Waals surface area contributed by atoms with Gasteiger partial charge in [-0.3, -0.25) is 4.79 Å². The van der Waals surface area contributed by atoms with Crippen LogP contribution in [0.15, 0.2) is 30.6 Å². The molecule has 0 aliphatic heterocycles. The quantitative estimate of drug-likeness (QED) is 0.883. The highest BCUT2D eigenvalue weighted by molar-refractivity contribution is 5.72. The summed E-state index contributed by atoms with van der Waals surface area (Å²) < 4.78 is 25.9. The zero-order valence-electron chi connectivity index (χ0n) is 9.60. The van der Waals surface area contributed by atoms with Crippen LogP contribution >= 0.6 is 0 Å². The minimum Gasteiger partial charge on any atom is -0.480 e. The number of aromatic nitrogens is 2. The van der Waals surface area contributed by atoms with Gasteiger partial charge in [-0.1, -0.05) is 0 Å². The highest BCUT2D eigenvalue weighted by Crippen LogP contribution is 2.20. The molecular weight excluding hydrogens is 256 g/mol. The van der Waals surface area contributed by atoms with Crippen LogP contribution in [0.25, 0.3) is 11.3 Å². The summed E-state index contributed by atoms with van der Waals surface area (Å²) >= 11 is 0. The Bertz CT molecular complexity index is 620. The first kappa shape index (κ1) is 12.9. The van der Waals surface area contributed by atoms with Crippen molar-refractivity contribution in [2.24, 2.45) is 0 Å². The van der Waals surface area contributed by atoms with Crippen LogP contribution in [-0.2, 0) is 4.79 Å². The Balaban J connectivity index is 2.27. The molecule has 1 aromatic heterocycles. The summed E-state index contributed by atoms with van der Waals surface area (Å²) in [4.78, 5) is 18.2. The summed E-state index contributed by atoms with van der Waals surface area (Å²) in [6.45, 7) is -0.297. The van der Waals surface area contributed by atoms with E-state index in [9.17, 15) is 13.6 Å². The van der Waals surface area contributed by atoms with Crippen molar-refractivity contribution in [3.05, 3.63) is 42.2 Å². The number of hydrogen-bond acceptors (Lipinski definition) is 4. The van der Waals surface area contributed by atoms with Gasteiger partial charge in [0.15, 0.2) is 11.6 Å². The summed E-state index contributed by atoms with van der Waals surface area (Å²) in [5, 5.41) is 11.1. The second-order valence-corrected chi connectivity index (χ2v) is 3.66. The number of carboxylic acids is 1. The van der Waals surface area contributed by atoms with Gasteiger partial charge in [-0.15, -0.1) is 0 Å². The smallest absolute Gasteiger partial charge is 0.322 e. The van der Waals surface area contributed by atoms with Crippen LogP contribution in [-0.4, -0.2) is 27.6 Å². The number of nitrogens with one attached hydrogen (secondary N) is 1. The van der Waals surface area contributed by atoms with E-state index in [1.54, 1.807) is 0 Å². The second-order valence-electron chi connectivity index (χ2n) is 3.66. The molecule has 0 amide bonds. The predicted molar refractivity (Wildman–Crippen MR) is 63.5 cm³/mol. The van der Waals surface area contributed by atoms with E-state index in [4.69, 9.17) is 5.11 Å². The van der Waals surface area contributed by atoms with E-state index in [0.29, 0.717) is 11.3 Å². The number of hydrogen-bond donors (Lipinski definition) is 2. The van der Waals surface area contributed by atoms with Gasteiger partial charge in [-0.25, -0.2) is 18.7 Å². The number of carbonyl (C=O) groups is 1. The van der Waals surface area contributed by atoms with Crippen molar-refractivity contribution in [1.29, 1.82) is 0 Å². The number of rotatable bonds is 4. The maximum atomic E-state index is 13.1. The largest absolute Gasteiger partial charge is 0.480 e. The van der Waals surface area contributed by atoms with E-state index in [1.165, 1.54) is 18.5 Å². The molecule has 2 N–H and O–H groups in total.